The first-order chi connectivity index (χ1) is 7.72. The van der Waals surface area contributed by atoms with Gasteiger partial charge in [0.25, 0.3) is 0 Å². The second kappa shape index (κ2) is 4.26. The summed E-state index contributed by atoms with van der Waals surface area (Å²) in [5.41, 5.74) is 4.33. The van der Waals surface area contributed by atoms with Gasteiger partial charge in [0, 0.05) is 12.0 Å². The monoisotopic (exact) mass is 214 g/mol. The molecule has 0 saturated heterocycles. The zero-order valence-corrected chi connectivity index (χ0v) is 10.4. The van der Waals surface area contributed by atoms with Gasteiger partial charge in [-0.3, -0.25) is 4.48 Å². The molecule has 0 fully saturated rings. The van der Waals surface area contributed by atoms with Crippen LogP contribution in [0.3, 0.4) is 0 Å². The van der Waals surface area contributed by atoms with Crippen molar-refractivity contribution < 1.29 is 0 Å². The number of rotatable bonds is 2. The van der Waals surface area contributed by atoms with Crippen LogP contribution in [-0.2, 0) is 6.42 Å². The van der Waals surface area contributed by atoms with Crippen LogP contribution >= 0.6 is 0 Å². The summed E-state index contributed by atoms with van der Waals surface area (Å²) in [7, 11) is 2.31. The fourth-order valence-electron chi connectivity index (χ4n) is 2.65. The molecule has 1 aliphatic heterocycles. The van der Waals surface area contributed by atoms with E-state index in [-0.39, 0.29) is 0 Å². The highest BCUT2D eigenvalue weighted by Gasteiger charge is 2.36. The zero-order chi connectivity index (χ0) is 11.6. The Morgan fingerprint density at radius 1 is 1.25 bits per heavy atom. The van der Waals surface area contributed by atoms with Crippen molar-refractivity contribution in [3.63, 3.8) is 0 Å². The van der Waals surface area contributed by atoms with E-state index in [1.54, 1.807) is 0 Å². The molecule has 0 N–H and O–H groups in total. The molecule has 0 spiro atoms. The topological polar surface area (TPSA) is 0 Å². The molecule has 0 bridgehead atoms. The lowest BCUT2D eigenvalue weighted by Gasteiger charge is -2.30. The van der Waals surface area contributed by atoms with Crippen molar-refractivity contribution in [2.45, 2.75) is 20.3 Å². The van der Waals surface area contributed by atoms with Gasteiger partial charge in [-0.2, -0.15) is 0 Å². The van der Waals surface area contributed by atoms with E-state index in [0.717, 1.165) is 4.48 Å². The first kappa shape index (κ1) is 11.2. The largest absolute Gasteiger partial charge is 0.261 e. The maximum Gasteiger partial charge on any atom is 0.141 e. The van der Waals surface area contributed by atoms with Gasteiger partial charge in [-0.1, -0.05) is 24.3 Å². The highest BCUT2D eigenvalue weighted by molar-refractivity contribution is 5.58. The minimum atomic E-state index is 0.941. The van der Waals surface area contributed by atoms with Gasteiger partial charge in [-0.05, 0) is 32.1 Å². The summed E-state index contributed by atoms with van der Waals surface area (Å²) in [6.45, 7) is 5.38. The van der Waals surface area contributed by atoms with Crippen molar-refractivity contribution in [3.8, 4) is 0 Å². The van der Waals surface area contributed by atoms with Crippen LogP contribution in [0, 0.1) is 0 Å². The normalized spacial score (nSPS) is 25.1. The Balaban J connectivity index is 2.49. The molecule has 0 aliphatic carbocycles. The Bertz CT molecular complexity index is 443. The van der Waals surface area contributed by atoms with Crippen LogP contribution in [0.2, 0.25) is 0 Å². The van der Waals surface area contributed by atoms with Crippen LogP contribution in [0.15, 0.2) is 48.2 Å². The SMILES string of the molecule is CC=CC(=CC)[N+]1(C)CCc2ccccc21. The maximum absolute atomic E-state index is 2.31. The number of allylic oxidation sites excluding steroid dienone is 3. The van der Waals surface area contributed by atoms with Gasteiger partial charge in [0.1, 0.15) is 11.4 Å². The lowest BCUT2D eigenvalue weighted by atomic mass is 10.1. The summed E-state index contributed by atoms with van der Waals surface area (Å²) in [5, 5.41) is 0. The third-order valence-corrected chi connectivity index (χ3v) is 3.55. The van der Waals surface area contributed by atoms with E-state index in [1.807, 2.05) is 0 Å². The number of hydrogen-bond donors (Lipinski definition) is 0. The Kier molecular flexibility index (Phi) is 2.97. The van der Waals surface area contributed by atoms with Crippen LogP contribution in [0.4, 0.5) is 5.69 Å². The van der Waals surface area contributed by atoms with E-state index < -0.39 is 0 Å². The molecule has 1 aromatic rings. The molecule has 84 valence electrons. The number of benzene rings is 1. The second-order valence-corrected chi connectivity index (χ2v) is 4.51. The summed E-state index contributed by atoms with van der Waals surface area (Å²) in [6, 6.07) is 8.79. The van der Waals surface area contributed by atoms with E-state index in [2.05, 4.69) is 63.4 Å². The highest BCUT2D eigenvalue weighted by Crippen LogP contribution is 2.37. The van der Waals surface area contributed by atoms with Crippen LogP contribution in [0.25, 0.3) is 0 Å². The molecule has 0 radical (unpaired) electrons. The minimum absolute atomic E-state index is 0.941. The van der Waals surface area contributed by atoms with E-state index >= 15 is 0 Å². The number of para-hydroxylation sites is 1. The summed E-state index contributed by atoms with van der Waals surface area (Å²) < 4.78 is 0.941. The molecule has 0 saturated carbocycles. The van der Waals surface area contributed by atoms with Crippen molar-refractivity contribution in [2.75, 3.05) is 13.6 Å². The molecule has 2 rings (SSSR count). The van der Waals surface area contributed by atoms with E-state index in [4.69, 9.17) is 0 Å². The summed E-state index contributed by atoms with van der Waals surface area (Å²) in [6.07, 6.45) is 7.76. The summed E-state index contributed by atoms with van der Waals surface area (Å²) in [4.78, 5) is 0. The molecular weight excluding hydrogens is 194 g/mol. The van der Waals surface area contributed by atoms with Crippen LogP contribution < -0.4 is 4.48 Å². The summed E-state index contributed by atoms with van der Waals surface area (Å²) in [5.74, 6) is 0. The molecule has 1 unspecified atom stereocenters. The van der Waals surface area contributed by atoms with Crippen molar-refractivity contribution in [1.82, 2.24) is 4.48 Å². The number of quaternary nitrogens is 1. The van der Waals surface area contributed by atoms with Crippen LogP contribution in [0.5, 0.6) is 0 Å². The number of likely N-dealkylation sites (N-methyl/N-ethyl adjacent to an activating group) is 1. The van der Waals surface area contributed by atoms with Gasteiger partial charge in [0.05, 0.1) is 13.6 Å². The van der Waals surface area contributed by atoms with Gasteiger partial charge in [0.15, 0.2) is 0 Å². The molecular formula is C15H20N+. The highest BCUT2D eigenvalue weighted by atomic mass is 15.4. The predicted molar refractivity (Wildman–Crippen MR) is 71.3 cm³/mol. The van der Waals surface area contributed by atoms with Crippen molar-refractivity contribution in [1.29, 1.82) is 0 Å². The van der Waals surface area contributed by atoms with E-state index in [9.17, 15) is 0 Å². The fraction of sp³-hybridized carbons (Fsp3) is 0.333. The molecule has 1 nitrogen and oxygen atoms in total. The molecule has 1 heteroatoms. The van der Waals surface area contributed by atoms with Gasteiger partial charge in [-0.25, -0.2) is 0 Å². The molecule has 1 atom stereocenters. The van der Waals surface area contributed by atoms with Gasteiger partial charge < -0.3 is 0 Å². The second-order valence-electron chi connectivity index (χ2n) is 4.51. The lowest BCUT2D eigenvalue weighted by molar-refractivity contribution is 0.453. The molecule has 16 heavy (non-hydrogen) atoms. The minimum Gasteiger partial charge on any atom is -0.261 e. The Labute approximate surface area is 98.3 Å². The van der Waals surface area contributed by atoms with Crippen LogP contribution in [0.1, 0.15) is 19.4 Å². The maximum atomic E-state index is 2.31. The summed E-state index contributed by atoms with van der Waals surface area (Å²) >= 11 is 0. The average molecular weight is 214 g/mol. The molecule has 1 aliphatic rings. The van der Waals surface area contributed by atoms with Crippen molar-refractivity contribution in [3.05, 3.63) is 53.8 Å². The molecule has 1 heterocycles. The lowest BCUT2D eigenvalue weighted by Crippen LogP contribution is -2.41. The molecule has 0 amide bonds. The number of hydrogen-bond acceptors (Lipinski definition) is 0. The quantitative estimate of drug-likeness (QED) is 0.520. The Morgan fingerprint density at radius 2 is 2.00 bits per heavy atom. The van der Waals surface area contributed by atoms with E-state index in [0.29, 0.717) is 0 Å². The molecule has 0 aromatic heterocycles. The number of nitrogens with zero attached hydrogens (tertiary/aromatic N) is 1. The Hall–Kier alpha value is -1.34. The van der Waals surface area contributed by atoms with Crippen molar-refractivity contribution in [2.24, 2.45) is 0 Å². The predicted octanol–water partition coefficient (Wildman–Crippen LogP) is 3.66. The fourth-order valence-corrected chi connectivity index (χ4v) is 2.65. The van der Waals surface area contributed by atoms with Crippen LogP contribution in [-0.4, -0.2) is 13.6 Å². The van der Waals surface area contributed by atoms with Gasteiger partial charge >= 0.3 is 0 Å². The smallest absolute Gasteiger partial charge is 0.141 e. The van der Waals surface area contributed by atoms with Gasteiger partial charge in [0.2, 0.25) is 0 Å². The van der Waals surface area contributed by atoms with Gasteiger partial charge in [-0.15, -0.1) is 0 Å². The Morgan fingerprint density at radius 3 is 2.69 bits per heavy atom. The standard InChI is InChI=1S/C15H20N/c1-4-8-14(5-2)16(3)12-11-13-9-6-7-10-15(13)16/h4-10H,11-12H2,1-3H3/q+1. The third kappa shape index (κ3) is 1.61. The number of fused-ring (bicyclic) bond motifs is 1. The van der Waals surface area contributed by atoms with Crippen molar-refractivity contribution >= 4 is 5.69 Å². The average Bonchev–Trinajstić information content (AvgIpc) is 2.66. The molecule has 1 aromatic carbocycles. The van der Waals surface area contributed by atoms with E-state index in [1.165, 1.54) is 29.9 Å². The first-order valence-corrected chi connectivity index (χ1v) is 5.96. The first-order valence-electron chi connectivity index (χ1n) is 5.96. The zero-order valence-electron chi connectivity index (χ0n) is 10.4. The third-order valence-electron chi connectivity index (χ3n) is 3.55.